The minimum atomic E-state index is -0.609. The van der Waals surface area contributed by atoms with Gasteiger partial charge in [-0.15, -0.1) is 21.5 Å². The summed E-state index contributed by atoms with van der Waals surface area (Å²) in [5, 5.41) is 10.5. The molecule has 3 heterocycles. The van der Waals surface area contributed by atoms with Gasteiger partial charge in [-0.1, -0.05) is 25.1 Å². The SMILES string of the molecule is CCc1sc(-c2nnc(COC(=O)c3ccccc3CN3C(=O)CNC3=O)o2)cc1C. The predicted molar refractivity (Wildman–Crippen MR) is 111 cm³/mol. The first-order valence-corrected chi connectivity index (χ1v) is 10.5. The molecule has 0 atom stereocenters. The number of thiophene rings is 1. The van der Waals surface area contributed by atoms with E-state index in [1.807, 2.05) is 13.0 Å². The van der Waals surface area contributed by atoms with Crippen LogP contribution in [0.1, 0.15) is 39.2 Å². The zero-order chi connectivity index (χ0) is 22.0. The molecule has 1 N–H and O–H groups in total. The van der Waals surface area contributed by atoms with Gasteiger partial charge in [0.15, 0.2) is 6.61 Å². The highest BCUT2D eigenvalue weighted by Crippen LogP contribution is 2.30. The molecule has 4 rings (SSSR count). The maximum Gasteiger partial charge on any atom is 0.338 e. The predicted octanol–water partition coefficient (Wildman–Crippen LogP) is 3.08. The average molecular weight is 440 g/mol. The number of carbonyl (C=O) groups excluding carboxylic acids is 3. The maximum atomic E-state index is 12.6. The number of hydrogen-bond acceptors (Lipinski definition) is 8. The number of rotatable bonds is 7. The summed E-state index contributed by atoms with van der Waals surface area (Å²) >= 11 is 1.60. The fourth-order valence-electron chi connectivity index (χ4n) is 3.24. The lowest BCUT2D eigenvalue weighted by Gasteiger charge is -2.14. The Labute approximate surface area is 182 Å². The summed E-state index contributed by atoms with van der Waals surface area (Å²) in [6.07, 6.45) is 0.930. The molecule has 0 spiro atoms. The monoisotopic (exact) mass is 440 g/mol. The number of aryl methyl sites for hydroxylation is 2. The summed E-state index contributed by atoms with van der Waals surface area (Å²) in [5.41, 5.74) is 1.94. The molecule has 0 bridgehead atoms. The number of benzene rings is 1. The van der Waals surface area contributed by atoms with Gasteiger partial charge in [0.05, 0.1) is 23.5 Å². The number of imide groups is 1. The lowest BCUT2D eigenvalue weighted by atomic mass is 10.1. The molecule has 9 nitrogen and oxygen atoms in total. The Kier molecular flexibility index (Phi) is 5.81. The van der Waals surface area contributed by atoms with Crippen molar-refractivity contribution in [1.29, 1.82) is 0 Å². The van der Waals surface area contributed by atoms with Crippen LogP contribution < -0.4 is 5.32 Å². The van der Waals surface area contributed by atoms with Gasteiger partial charge in [-0.25, -0.2) is 9.59 Å². The number of nitrogens with zero attached hydrogens (tertiary/aromatic N) is 3. The molecule has 160 valence electrons. The van der Waals surface area contributed by atoms with Crippen molar-refractivity contribution >= 4 is 29.2 Å². The Morgan fingerprint density at radius 3 is 2.81 bits per heavy atom. The molecule has 10 heteroatoms. The first-order valence-electron chi connectivity index (χ1n) is 9.71. The third-order valence-electron chi connectivity index (χ3n) is 4.85. The summed E-state index contributed by atoms with van der Waals surface area (Å²) in [5.74, 6) is -0.388. The van der Waals surface area contributed by atoms with Gasteiger partial charge in [-0.2, -0.15) is 0 Å². The maximum absolute atomic E-state index is 12.6. The summed E-state index contributed by atoms with van der Waals surface area (Å²) in [7, 11) is 0. The number of urea groups is 1. The second-order valence-corrected chi connectivity index (χ2v) is 8.08. The molecule has 0 unspecified atom stereocenters. The third kappa shape index (κ3) is 4.33. The number of amides is 3. The van der Waals surface area contributed by atoms with Crippen molar-refractivity contribution in [2.75, 3.05) is 6.54 Å². The van der Waals surface area contributed by atoms with Crippen LogP contribution in [0.15, 0.2) is 34.7 Å². The molecule has 1 saturated heterocycles. The first-order chi connectivity index (χ1) is 15.0. The standard InChI is InChI=1S/C21H20N4O5S/c1-3-15-12(2)8-16(31-15)19-24-23-17(30-19)11-29-20(27)14-7-5-4-6-13(14)10-25-18(26)9-22-21(25)28/h4-8H,3,9-11H2,1-2H3,(H,22,28). The number of carbonyl (C=O) groups is 3. The number of hydrogen-bond donors (Lipinski definition) is 1. The molecule has 0 saturated carbocycles. The van der Waals surface area contributed by atoms with Crippen LogP contribution in [0.3, 0.4) is 0 Å². The van der Waals surface area contributed by atoms with Crippen molar-refractivity contribution < 1.29 is 23.5 Å². The van der Waals surface area contributed by atoms with Crippen molar-refractivity contribution in [2.45, 2.75) is 33.4 Å². The fourth-order valence-corrected chi connectivity index (χ4v) is 4.27. The summed E-state index contributed by atoms with van der Waals surface area (Å²) in [6.45, 7) is 3.88. The zero-order valence-electron chi connectivity index (χ0n) is 17.0. The normalized spacial score (nSPS) is 13.5. The van der Waals surface area contributed by atoms with Crippen LogP contribution in [0.2, 0.25) is 0 Å². The molecule has 31 heavy (non-hydrogen) atoms. The number of aromatic nitrogens is 2. The van der Waals surface area contributed by atoms with Gasteiger partial charge in [0.25, 0.3) is 11.8 Å². The van der Waals surface area contributed by atoms with Crippen molar-refractivity contribution in [3.05, 3.63) is 57.8 Å². The highest BCUT2D eigenvalue weighted by atomic mass is 32.1. The van der Waals surface area contributed by atoms with Gasteiger partial charge in [-0.05, 0) is 36.6 Å². The quantitative estimate of drug-likeness (QED) is 0.443. The topological polar surface area (TPSA) is 115 Å². The molecule has 0 aliphatic carbocycles. The van der Waals surface area contributed by atoms with E-state index in [9.17, 15) is 14.4 Å². The molecule has 0 radical (unpaired) electrons. The summed E-state index contributed by atoms with van der Waals surface area (Å²) < 4.78 is 11.0. The van der Waals surface area contributed by atoms with E-state index in [1.165, 1.54) is 10.4 Å². The summed E-state index contributed by atoms with van der Waals surface area (Å²) in [6, 6.07) is 8.17. The largest absolute Gasteiger partial charge is 0.452 e. The van der Waals surface area contributed by atoms with Crippen LogP contribution in [-0.2, 0) is 29.1 Å². The minimum absolute atomic E-state index is 0.0157. The van der Waals surface area contributed by atoms with E-state index in [4.69, 9.17) is 9.15 Å². The Bertz CT molecular complexity index is 1140. The molecule has 2 aromatic heterocycles. The van der Waals surface area contributed by atoms with E-state index in [-0.39, 0.29) is 37.1 Å². The number of esters is 1. The van der Waals surface area contributed by atoms with Gasteiger partial charge < -0.3 is 14.5 Å². The lowest BCUT2D eigenvalue weighted by molar-refractivity contribution is -0.125. The van der Waals surface area contributed by atoms with Crippen LogP contribution in [0.25, 0.3) is 10.8 Å². The molecule has 3 amide bonds. The Morgan fingerprint density at radius 1 is 1.29 bits per heavy atom. The van der Waals surface area contributed by atoms with Crippen LogP contribution >= 0.6 is 11.3 Å². The van der Waals surface area contributed by atoms with Gasteiger partial charge in [0, 0.05) is 4.88 Å². The van der Waals surface area contributed by atoms with E-state index in [0.717, 1.165) is 16.2 Å². The molecular weight excluding hydrogens is 420 g/mol. The smallest absolute Gasteiger partial charge is 0.338 e. The van der Waals surface area contributed by atoms with Crippen molar-refractivity contribution in [1.82, 2.24) is 20.4 Å². The Hall–Kier alpha value is -3.53. The second kappa shape index (κ2) is 8.68. The van der Waals surface area contributed by atoms with E-state index in [1.54, 1.807) is 35.6 Å². The Morgan fingerprint density at radius 2 is 2.10 bits per heavy atom. The van der Waals surface area contributed by atoms with Crippen molar-refractivity contribution in [3.8, 4) is 10.8 Å². The van der Waals surface area contributed by atoms with E-state index < -0.39 is 12.0 Å². The number of nitrogens with one attached hydrogen (secondary N) is 1. The molecule has 1 fully saturated rings. The average Bonchev–Trinajstić information content (AvgIpc) is 3.47. The number of ether oxygens (including phenoxy) is 1. The lowest BCUT2D eigenvalue weighted by Crippen LogP contribution is -2.31. The third-order valence-corrected chi connectivity index (χ3v) is 6.22. The second-order valence-electron chi connectivity index (χ2n) is 6.94. The molecule has 3 aromatic rings. The molecular formula is C21H20N4O5S. The molecule has 1 aliphatic rings. The van der Waals surface area contributed by atoms with E-state index in [0.29, 0.717) is 11.5 Å². The Balaban J connectivity index is 1.43. The van der Waals surface area contributed by atoms with Gasteiger partial charge in [0.1, 0.15) is 0 Å². The van der Waals surface area contributed by atoms with Gasteiger partial charge in [-0.3, -0.25) is 9.69 Å². The van der Waals surface area contributed by atoms with Crippen LogP contribution in [0.4, 0.5) is 4.79 Å². The van der Waals surface area contributed by atoms with E-state index >= 15 is 0 Å². The molecule has 1 aliphatic heterocycles. The highest BCUT2D eigenvalue weighted by molar-refractivity contribution is 7.15. The van der Waals surface area contributed by atoms with Crippen molar-refractivity contribution in [2.24, 2.45) is 0 Å². The van der Waals surface area contributed by atoms with Crippen LogP contribution in [-0.4, -0.2) is 39.5 Å². The van der Waals surface area contributed by atoms with E-state index in [2.05, 4.69) is 22.4 Å². The van der Waals surface area contributed by atoms with Crippen LogP contribution in [0, 0.1) is 6.92 Å². The zero-order valence-corrected chi connectivity index (χ0v) is 17.8. The fraction of sp³-hybridized carbons (Fsp3) is 0.286. The summed E-state index contributed by atoms with van der Waals surface area (Å²) in [4.78, 5) is 39.4. The highest BCUT2D eigenvalue weighted by Gasteiger charge is 2.29. The van der Waals surface area contributed by atoms with Crippen molar-refractivity contribution in [3.63, 3.8) is 0 Å². The minimum Gasteiger partial charge on any atom is -0.452 e. The first kappa shape index (κ1) is 20.7. The van der Waals surface area contributed by atoms with Gasteiger partial charge >= 0.3 is 12.0 Å². The van der Waals surface area contributed by atoms with Gasteiger partial charge in [0.2, 0.25) is 5.91 Å². The van der Waals surface area contributed by atoms with Crippen LogP contribution in [0.5, 0.6) is 0 Å². The molecule has 1 aromatic carbocycles.